The van der Waals surface area contributed by atoms with E-state index in [1.807, 2.05) is 52.0 Å². The van der Waals surface area contributed by atoms with Crippen LogP contribution in [0.2, 0.25) is 0 Å². The average molecular weight is 422 g/mol. The second-order valence-corrected chi connectivity index (χ2v) is 8.34. The minimum Gasteiger partial charge on any atom is -0.491 e. The number of rotatable bonds is 12. The molecule has 0 aliphatic rings. The van der Waals surface area contributed by atoms with Gasteiger partial charge in [0.05, 0.1) is 32.2 Å². The van der Waals surface area contributed by atoms with Crippen molar-refractivity contribution in [3.8, 4) is 5.75 Å². The molecule has 0 unspecified atom stereocenters. The van der Waals surface area contributed by atoms with E-state index in [2.05, 4.69) is 5.32 Å². The highest BCUT2D eigenvalue weighted by Gasteiger charge is 2.06. The molecule has 0 amide bonds. The zero-order chi connectivity index (χ0) is 21.6. The summed E-state index contributed by atoms with van der Waals surface area (Å²) in [7, 11) is -3.67. The fourth-order valence-corrected chi connectivity index (χ4v) is 1.84. The lowest BCUT2D eigenvalue weighted by atomic mass is 10.2. The van der Waals surface area contributed by atoms with Gasteiger partial charge in [-0.2, -0.15) is 8.42 Å². The van der Waals surface area contributed by atoms with Gasteiger partial charge >= 0.3 is 0 Å². The molecule has 0 aliphatic carbocycles. The standard InChI is InChI=1S/C18H31NO4.CH4O3S/c1-14(2)19-11-17(20)13-23-18-7-5-16(6-8-18)12-21-9-10-22-15(3)4;1-5(2,3)4/h5-8,14-15,17,19-20H,9-13H2,1-4H3;1H3,(H,2,3,4)/t17-;/m0./s1. The molecule has 1 rings (SSSR count). The Morgan fingerprint density at radius 2 is 1.64 bits per heavy atom. The maximum atomic E-state index is 9.80. The highest BCUT2D eigenvalue weighted by atomic mass is 32.2. The molecule has 3 N–H and O–H groups in total. The molecule has 0 radical (unpaired) electrons. The summed E-state index contributed by atoms with van der Waals surface area (Å²) in [5, 5.41) is 13.0. The lowest BCUT2D eigenvalue weighted by molar-refractivity contribution is 0.0143. The molecule has 0 spiro atoms. The van der Waals surface area contributed by atoms with Gasteiger partial charge in [-0.15, -0.1) is 0 Å². The first kappa shape index (κ1) is 26.8. The summed E-state index contributed by atoms with van der Waals surface area (Å²) in [6, 6.07) is 8.09. The summed E-state index contributed by atoms with van der Waals surface area (Å²) >= 11 is 0. The second kappa shape index (κ2) is 14.7. The molecule has 0 heterocycles. The molecule has 0 aliphatic heterocycles. The highest BCUT2D eigenvalue weighted by Crippen LogP contribution is 2.13. The van der Waals surface area contributed by atoms with Crippen LogP contribution in [-0.2, 0) is 26.2 Å². The minimum atomic E-state index is -3.67. The van der Waals surface area contributed by atoms with Gasteiger partial charge in [-0.1, -0.05) is 26.0 Å². The van der Waals surface area contributed by atoms with Crippen LogP contribution in [0, 0.1) is 0 Å². The van der Waals surface area contributed by atoms with Gasteiger partial charge in [-0.25, -0.2) is 0 Å². The molecule has 164 valence electrons. The number of hydrogen-bond donors (Lipinski definition) is 3. The Labute approximate surface area is 168 Å². The van der Waals surface area contributed by atoms with Crippen LogP contribution < -0.4 is 10.1 Å². The maximum absolute atomic E-state index is 9.80. The van der Waals surface area contributed by atoms with Gasteiger partial charge in [0.2, 0.25) is 0 Å². The van der Waals surface area contributed by atoms with E-state index in [0.29, 0.717) is 38.7 Å². The predicted octanol–water partition coefficient (Wildman–Crippen LogP) is 1.87. The third-order valence-electron chi connectivity index (χ3n) is 3.08. The van der Waals surface area contributed by atoms with Crippen LogP contribution in [0.4, 0.5) is 0 Å². The van der Waals surface area contributed by atoms with E-state index in [-0.39, 0.29) is 12.7 Å². The fraction of sp³-hybridized carbons (Fsp3) is 0.684. The Balaban J connectivity index is 0.00000129. The first-order valence-corrected chi connectivity index (χ1v) is 11.1. The SMILES string of the molecule is CC(C)NC[C@H](O)COc1ccc(COCCOC(C)C)cc1.CS(=O)(=O)O. The molecule has 9 heteroatoms. The Bertz CT molecular complexity index is 595. The van der Waals surface area contributed by atoms with Gasteiger partial charge in [-0.05, 0) is 31.5 Å². The Kier molecular flexibility index (Phi) is 14.1. The van der Waals surface area contributed by atoms with E-state index in [1.165, 1.54) is 0 Å². The van der Waals surface area contributed by atoms with Gasteiger partial charge in [0, 0.05) is 12.6 Å². The summed E-state index contributed by atoms with van der Waals surface area (Å²) in [6.07, 6.45) is 0.440. The molecule has 1 aromatic carbocycles. The quantitative estimate of drug-likeness (QED) is 0.346. The number of hydrogen-bond acceptors (Lipinski definition) is 7. The zero-order valence-corrected chi connectivity index (χ0v) is 18.2. The molecule has 0 saturated heterocycles. The minimum absolute atomic E-state index is 0.237. The third kappa shape index (κ3) is 19.5. The summed E-state index contributed by atoms with van der Waals surface area (Å²) in [5.41, 5.74) is 1.09. The van der Waals surface area contributed by atoms with Crippen LogP contribution in [-0.4, -0.2) is 68.9 Å². The smallest absolute Gasteiger partial charge is 0.261 e. The first-order chi connectivity index (χ1) is 13.0. The lowest BCUT2D eigenvalue weighted by Crippen LogP contribution is -2.35. The second-order valence-electron chi connectivity index (χ2n) is 6.88. The van der Waals surface area contributed by atoms with Gasteiger partial charge < -0.3 is 24.6 Å². The van der Waals surface area contributed by atoms with Crippen molar-refractivity contribution >= 4 is 10.1 Å². The maximum Gasteiger partial charge on any atom is 0.261 e. The molecule has 8 nitrogen and oxygen atoms in total. The van der Waals surface area contributed by atoms with Gasteiger partial charge in [0.25, 0.3) is 10.1 Å². The molecule has 0 saturated carbocycles. The molecular formula is C19H35NO7S. The van der Waals surface area contributed by atoms with Crippen molar-refractivity contribution < 1.29 is 32.3 Å². The summed E-state index contributed by atoms with van der Waals surface area (Å²) in [6.45, 7) is 10.7. The van der Waals surface area contributed by atoms with Gasteiger partial charge in [0.15, 0.2) is 0 Å². The summed E-state index contributed by atoms with van der Waals surface area (Å²) < 4.78 is 42.4. The number of aliphatic hydroxyl groups excluding tert-OH is 1. The lowest BCUT2D eigenvalue weighted by Gasteiger charge is -2.15. The number of benzene rings is 1. The third-order valence-corrected chi connectivity index (χ3v) is 3.08. The molecule has 0 bridgehead atoms. The Hall–Kier alpha value is -1.23. The van der Waals surface area contributed by atoms with E-state index in [4.69, 9.17) is 18.8 Å². The Morgan fingerprint density at radius 3 is 2.14 bits per heavy atom. The van der Waals surface area contributed by atoms with E-state index in [9.17, 15) is 13.5 Å². The van der Waals surface area contributed by atoms with E-state index in [0.717, 1.165) is 11.3 Å². The van der Waals surface area contributed by atoms with Gasteiger partial charge in [0.1, 0.15) is 18.5 Å². The predicted molar refractivity (Wildman–Crippen MR) is 109 cm³/mol. The van der Waals surface area contributed by atoms with Crippen molar-refractivity contribution in [3.63, 3.8) is 0 Å². The van der Waals surface area contributed by atoms with Crippen molar-refractivity contribution in [1.29, 1.82) is 0 Å². The van der Waals surface area contributed by atoms with Crippen LogP contribution in [0.5, 0.6) is 5.75 Å². The van der Waals surface area contributed by atoms with E-state index < -0.39 is 16.2 Å². The van der Waals surface area contributed by atoms with Crippen LogP contribution in [0.1, 0.15) is 33.3 Å². The zero-order valence-electron chi connectivity index (χ0n) is 17.4. The summed E-state index contributed by atoms with van der Waals surface area (Å²) in [5.74, 6) is 0.750. The average Bonchev–Trinajstić information content (AvgIpc) is 2.57. The summed E-state index contributed by atoms with van der Waals surface area (Å²) in [4.78, 5) is 0. The largest absolute Gasteiger partial charge is 0.491 e. The van der Waals surface area contributed by atoms with Crippen LogP contribution in [0.15, 0.2) is 24.3 Å². The highest BCUT2D eigenvalue weighted by molar-refractivity contribution is 7.85. The normalized spacial score (nSPS) is 12.6. The molecular weight excluding hydrogens is 386 g/mol. The topological polar surface area (TPSA) is 114 Å². The number of ether oxygens (including phenoxy) is 3. The van der Waals surface area contributed by atoms with Crippen molar-refractivity contribution in [2.45, 2.75) is 52.6 Å². The Morgan fingerprint density at radius 1 is 1.07 bits per heavy atom. The molecule has 1 aromatic rings. The molecule has 28 heavy (non-hydrogen) atoms. The van der Waals surface area contributed by atoms with Crippen LogP contribution >= 0.6 is 0 Å². The molecule has 0 fully saturated rings. The number of nitrogens with one attached hydrogen (secondary N) is 1. The van der Waals surface area contributed by atoms with Crippen molar-refractivity contribution in [3.05, 3.63) is 29.8 Å². The molecule has 1 atom stereocenters. The van der Waals surface area contributed by atoms with Gasteiger partial charge in [-0.3, -0.25) is 4.55 Å². The van der Waals surface area contributed by atoms with Crippen LogP contribution in [0.25, 0.3) is 0 Å². The number of aliphatic hydroxyl groups is 1. The van der Waals surface area contributed by atoms with Crippen molar-refractivity contribution in [2.75, 3.05) is 32.6 Å². The van der Waals surface area contributed by atoms with Crippen molar-refractivity contribution in [2.24, 2.45) is 0 Å². The monoisotopic (exact) mass is 421 g/mol. The van der Waals surface area contributed by atoms with E-state index in [1.54, 1.807) is 0 Å². The fourth-order valence-electron chi connectivity index (χ4n) is 1.84. The molecule has 0 aromatic heterocycles. The van der Waals surface area contributed by atoms with Crippen molar-refractivity contribution in [1.82, 2.24) is 5.32 Å². The first-order valence-electron chi connectivity index (χ1n) is 9.22. The van der Waals surface area contributed by atoms with E-state index >= 15 is 0 Å². The van der Waals surface area contributed by atoms with Crippen LogP contribution in [0.3, 0.4) is 0 Å².